The van der Waals surface area contributed by atoms with Crippen LogP contribution in [0.15, 0.2) is 60.8 Å². The van der Waals surface area contributed by atoms with Crippen molar-refractivity contribution in [1.29, 1.82) is 0 Å². The zero-order chi connectivity index (χ0) is 27.5. The highest BCUT2D eigenvalue weighted by molar-refractivity contribution is 5.82. The molecule has 0 saturated heterocycles. The molecule has 7 unspecified atom stereocenters. The fraction of sp³-hybridized carbons (Fsp3) is 0.667. The lowest BCUT2D eigenvalue weighted by Crippen LogP contribution is -2.35. The highest BCUT2D eigenvalue weighted by Crippen LogP contribution is 2.30. The summed E-state index contributed by atoms with van der Waals surface area (Å²) in [6, 6.07) is 0. The van der Waals surface area contributed by atoms with E-state index in [1.165, 1.54) is 6.08 Å². The second-order valence-corrected chi connectivity index (χ2v) is 12.0. The summed E-state index contributed by atoms with van der Waals surface area (Å²) in [5.41, 5.74) is 1.05. The Hall–Kier alpha value is -1.95. The normalized spacial score (nSPS) is 38.1. The molecule has 0 radical (unpaired) electrons. The Bertz CT molecular complexity index is 871. The van der Waals surface area contributed by atoms with Gasteiger partial charge in [0.05, 0.1) is 18.3 Å². The topological polar surface area (TPSA) is 76.0 Å². The van der Waals surface area contributed by atoms with E-state index < -0.39 is 24.3 Å². The van der Waals surface area contributed by atoms with Gasteiger partial charge in [-0.3, -0.25) is 0 Å². The van der Waals surface area contributed by atoms with Crippen LogP contribution in [-0.4, -0.2) is 46.7 Å². The summed E-state index contributed by atoms with van der Waals surface area (Å²) >= 11 is 0. The number of esters is 1. The summed E-state index contributed by atoms with van der Waals surface area (Å²) in [7, 11) is 0. The number of fused-ring (bicyclic) bond motifs is 2. The van der Waals surface area contributed by atoms with Crippen molar-refractivity contribution in [3.63, 3.8) is 0 Å². The lowest BCUT2D eigenvalue weighted by atomic mass is 9.82. The van der Waals surface area contributed by atoms with Gasteiger partial charge in [0.15, 0.2) is 0 Å². The van der Waals surface area contributed by atoms with Crippen molar-refractivity contribution in [3.8, 4) is 0 Å². The number of allylic oxidation sites excluding steroid dienone is 3. The van der Waals surface area contributed by atoms with Crippen LogP contribution in [0.3, 0.4) is 0 Å². The van der Waals surface area contributed by atoms with Gasteiger partial charge in [-0.1, -0.05) is 75.5 Å². The van der Waals surface area contributed by atoms with Crippen molar-refractivity contribution in [2.45, 2.75) is 115 Å². The molecule has 3 rings (SSSR count). The Kier molecular flexibility index (Phi) is 12.6. The molecule has 2 N–H and O–H groups in total. The van der Waals surface area contributed by atoms with Crippen LogP contribution in [0.5, 0.6) is 0 Å². The molecule has 0 fully saturated rings. The largest absolute Gasteiger partial charge is 0.456 e. The Morgan fingerprint density at radius 1 is 1.05 bits per heavy atom. The van der Waals surface area contributed by atoms with E-state index >= 15 is 0 Å². The minimum Gasteiger partial charge on any atom is -0.456 e. The van der Waals surface area contributed by atoms with Crippen molar-refractivity contribution >= 4 is 5.97 Å². The standard InChI is InChI=1S/C33H50O5/c1-23-19-24(2)21-31(35)26(4)25(3)22-32(30(34)18-17-27-11-7-5-6-8-12-27)38-33(36)16-10-14-28-13-9-15-29(20-23)37-28/h5,7,9-10,13,16-18,23,25-32,34-35H,2,6,8,11-12,14-15,19-22H2,1,3-4H3/b16-10-,18-17+/t23?,25-,26?,27?,28?,29?,30?,31-,32?/m0/s1. The van der Waals surface area contributed by atoms with Crippen LogP contribution in [0.25, 0.3) is 0 Å². The Labute approximate surface area is 230 Å². The van der Waals surface area contributed by atoms with E-state index in [4.69, 9.17) is 9.47 Å². The first kappa shape index (κ1) is 30.6. The second-order valence-electron chi connectivity index (χ2n) is 12.0. The van der Waals surface area contributed by atoms with E-state index in [2.05, 4.69) is 50.8 Å². The van der Waals surface area contributed by atoms with E-state index in [1.807, 2.05) is 6.92 Å². The summed E-state index contributed by atoms with van der Waals surface area (Å²) in [6.45, 7) is 10.6. The van der Waals surface area contributed by atoms with Crippen molar-refractivity contribution in [3.05, 3.63) is 60.8 Å². The molecule has 0 amide bonds. The smallest absolute Gasteiger partial charge is 0.330 e. The molecule has 3 aliphatic rings. The van der Waals surface area contributed by atoms with E-state index in [-0.39, 0.29) is 24.0 Å². The number of aliphatic hydroxyl groups excluding tert-OH is 2. The highest BCUT2D eigenvalue weighted by atomic mass is 16.6. The molecule has 2 heterocycles. The molecule has 1 aliphatic carbocycles. The van der Waals surface area contributed by atoms with Gasteiger partial charge < -0.3 is 19.7 Å². The van der Waals surface area contributed by atoms with Crippen molar-refractivity contribution in [2.75, 3.05) is 0 Å². The molecular formula is C33H50O5. The highest BCUT2D eigenvalue weighted by Gasteiger charge is 2.29. The minimum atomic E-state index is -0.904. The third kappa shape index (κ3) is 10.3. The van der Waals surface area contributed by atoms with Crippen LogP contribution >= 0.6 is 0 Å². The molecular weight excluding hydrogens is 476 g/mol. The summed E-state index contributed by atoms with van der Waals surface area (Å²) < 4.78 is 12.1. The number of ether oxygens (including phenoxy) is 2. The summed E-state index contributed by atoms with van der Waals surface area (Å²) in [5, 5.41) is 22.1. The average molecular weight is 527 g/mol. The SMILES string of the molecule is C=C1CC(C)CC2CC=CC(C/C=C\C(=O)OC(C(O)/C=C/C3CC=CCCC3)C[C@H](C)C(C)[C@@H](O)C1)O2. The fourth-order valence-electron chi connectivity index (χ4n) is 5.88. The van der Waals surface area contributed by atoms with Gasteiger partial charge in [-0.25, -0.2) is 4.79 Å². The van der Waals surface area contributed by atoms with Crippen molar-refractivity contribution in [2.24, 2.45) is 23.7 Å². The Morgan fingerprint density at radius 3 is 2.68 bits per heavy atom. The summed E-state index contributed by atoms with van der Waals surface area (Å²) in [5.74, 6) is 0.349. The molecule has 0 spiro atoms. The van der Waals surface area contributed by atoms with Gasteiger partial charge in [0.25, 0.3) is 0 Å². The van der Waals surface area contributed by atoms with Gasteiger partial charge in [-0.15, -0.1) is 0 Å². The van der Waals surface area contributed by atoms with Crippen molar-refractivity contribution < 1.29 is 24.5 Å². The second kappa shape index (κ2) is 15.6. The van der Waals surface area contributed by atoms with Gasteiger partial charge in [0.1, 0.15) is 12.2 Å². The van der Waals surface area contributed by atoms with E-state index in [0.29, 0.717) is 31.1 Å². The van der Waals surface area contributed by atoms with E-state index in [1.54, 1.807) is 12.2 Å². The third-order valence-electron chi connectivity index (χ3n) is 8.43. The molecule has 2 bridgehead atoms. The number of aliphatic hydroxyl groups is 2. The molecule has 0 aromatic heterocycles. The number of hydrogen-bond acceptors (Lipinski definition) is 5. The van der Waals surface area contributed by atoms with Crippen LogP contribution in [-0.2, 0) is 14.3 Å². The maximum absolute atomic E-state index is 12.8. The van der Waals surface area contributed by atoms with Crippen LogP contribution in [0, 0.1) is 23.7 Å². The molecule has 0 saturated carbocycles. The van der Waals surface area contributed by atoms with Crippen LogP contribution in [0.2, 0.25) is 0 Å². The maximum atomic E-state index is 12.8. The predicted octanol–water partition coefficient (Wildman–Crippen LogP) is 6.62. The van der Waals surface area contributed by atoms with Gasteiger partial charge in [0.2, 0.25) is 0 Å². The number of cyclic esters (lactones) is 1. The molecule has 5 nitrogen and oxygen atoms in total. The van der Waals surface area contributed by atoms with Gasteiger partial charge in [-0.2, -0.15) is 0 Å². The first-order valence-electron chi connectivity index (χ1n) is 14.8. The summed E-state index contributed by atoms with van der Waals surface area (Å²) in [4.78, 5) is 12.8. The van der Waals surface area contributed by atoms with Crippen LogP contribution in [0.4, 0.5) is 0 Å². The number of carbonyl (C=O) groups excluding carboxylic acids is 1. The zero-order valence-electron chi connectivity index (χ0n) is 23.7. The van der Waals surface area contributed by atoms with Crippen molar-refractivity contribution in [1.82, 2.24) is 0 Å². The van der Waals surface area contributed by atoms with Gasteiger partial charge >= 0.3 is 5.97 Å². The molecule has 0 aromatic carbocycles. The molecule has 212 valence electrons. The van der Waals surface area contributed by atoms with E-state index in [9.17, 15) is 15.0 Å². The Balaban J connectivity index is 1.75. The first-order valence-corrected chi connectivity index (χ1v) is 14.8. The number of hydrogen-bond donors (Lipinski definition) is 2. The Morgan fingerprint density at radius 2 is 1.87 bits per heavy atom. The van der Waals surface area contributed by atoms with E-state index in [0.717, 1.165) is 50.5 Å². The number of carbonyl (C=O) groups is 1. The summed E-state index contributed by atoms with van der Waals surface area (Å²) in [6.07, 6.45) is 22.4. The molecule has 9 atom stereocenters. The van der Waals surface area contributed by atoms with Gasteiger partial charge in [0, 0.05) is 6.08 Å². The quantitative estimate of drug-likeness (QED) is 0.319. The van der Waals surface area contributed by atoms with Crippen LogP contribution in [0.1, 0.15) is 85.0 Å². The minimum absolute atomic E-state index is 0.0339. The zero-order valence-corrected chi connectivity index (χ0v) is 23.7. The molecule has 2 aliphatic heterocycles. The molecule has 5 heteroatoms. The lowest BCUT2D eigenvalue weighted by Gasteiger charge is -2.31. The van der Waals surface area contributed by atoms with Gasteiger partial charge in [-0.05, 0) is 87.9 Å². The van der Waals surface area contributed by atoms with Crippen LogP contribution < -0.4 is 0 Å². The average Bonchev–Trinajstić information content (AvgIpc) is 3.14. The first-order chi connectivity index (χ1) is 18.2. The number of rotatable bonds is 3. The maximum Gasteiger partial charge on any atom is 0.330 e. The molecule has 0 aromatic rings. The fourth-order valence-corrected chi connectivity index (χ4v) is 5.88. The molecule has 38 heavy (non-hydrogen) atoms. The third-order valence-corrected chi connectivity index (χ3v) is 8.43. The lowest BCUT2D eigenvalue weighted by molar-refractivity contribution is -0.148. The monoisotopic (exact) mass is 526 g/mol. The predicted molar refractivity (Wildman–Crippen MR) is 153 cm³/mol.